The molecule has 0 aromatic heterocycles. The minimum atomic E-state index is -0.190. The lowest BCUT2D eigenvalue weighted by Crippen LogP contribution is -2.03. The molecule has 0 atom stereocenters. The Morgan fingerprint density at radius 1 is 1.25 bits per heavy atom. The molecule has 104 valence electrons. The maximum atomic E-state index is 13.2. The van der Waals surface area contributed by atoms with E-state index < -0.39 is 0 Å². The summed E-state index contributed by atoms with van der Waals surface area (Å²) >= 11 is 0. The molecule has 2 aromatic rings. The van der Waals surface area contributed by atoms with Crippen LogP contribution in [0.2, 0.25) is 0 Å². The molecule has 0 spiro atoms. The van der Waals surface area contributed by atoms with Crippen LogP contribution < -0.4 is 10.1 Å². The third-order valence-electron chi connectivity index (χ3n) is 2.97. The predicted octanol–water partition coefficient (Wildman–Crippen LogP) is 4.31. The smallest absolute Gasteiger partial charge is 0.126 e. The first-order valence-corrected chi connectivity index (χ1v) is 6.52. The van der Waals surface area contributed by atoms with E-state index in [9.17, 15) is 4.39 Å². The number of aryl methyl sites for hydroxylation is 1. The average Bonchev–Trinajstić information content (AvgIpc) is 2.47. The Balaban J connectivity index is 2.06. The van der Waals surface area contributed by atoms with E-state index in [1.807, 2.05) is 24.3 Å². The second kappa shape index (κ2) is 6.75. The summed E-state index contributed by atoms with van der Waals surface area (Å²) in [7, 11) is 0. The molecular weight excluding hydrogens is 253 g/mol. The van der Waals surface area contributed by atoms with Crippen LogP contribution in [0.5, 0.6) is 5.75 Å². The average molecular weight is 271 g/mol. The van der Waals surface area contributed by atoms with Crippen LogP contribution in [0.4, 0.5) is 10.1 Å². The topological polar surface area (TPSA) is 21.3 Å². The third kappa shape index (κ3) is 3.60. The van der Waals surface area contributed by atoms with Gasteiger partial charge >= 0.3 is 0 Å². The highest BCUT2D eigenvalue weighted by atomic mass is 19.1. The maximum Gasteiger partial charge on any atom is 0.126 e. The van der Waals surface area contributed by atoms with E-state index in [-0.39, 0.29) is 5.82 Å². The first-order valence-electron chi connectivity index (χ1n) is 6.52. The molecule has 1 N–H and O–H groups in total. The maximum absolute atomic E-state index is 13.2. The van der Waals surface area contributed by atoms with Crippen molar-refractivity contribution in [2.45, 2.75) is 13.5 Å². The molecule has 0 radical (unpaired) electrons. The largest absolute Gasteiger partial charge is 0.489 e. The third-order valence-corrected chi connectivity index (χ3v) is 2.97. The lowest BCUT2D eigenvalue weighted by Gasteiger charge is -2.12. The number of anilines is 1. The highest BCUT2D eigenvalue weighted by Gasteiger charge is 2.03. The summed E-state index contributed by atoms with van der Waals surface area (Å²) in [4.78, 5) is 0. The molecule has 0 saturated carbocycles. The number of ether oxygens (including phenoxy) is 1. The van der Waals surface area contributed by atoms with E-state index in [2.05, 4.69) is 11.9 Å². The van der Waals surface area contributed by atoms with Gasteiger partial charge in [0, 0.05) is 17.8 Å². The van der Waals surface area contributed by atoms with Crippen molar-refractivity contribution in [3.63, 3.8) is 0 Å². The van der Waals surface area contributed by atoms with Crippen molar-refractivity contribution in [2.24, 2.45) is 0 Å². The van der Waals surface area contributed by atoms with Crippen molar-refractivity contribution < 1.29 is 9.13 Å². The second-order valence-corrected chi connectivity index (χ2v) is 4.52. The van der Waals surface area contributed by atoms with Crippen LogP contribution in [0.25, 0.3) is 0 Å². The van der Waals surface area contributed by atoms with Gasteiger partial charge in [-0.15, -0.1) is 0 Å². The quantitative estimate of drug-likeness (QED) is 0.790. The molecule has 2 rings (SSSR count). The van der Waals surface area contributed by atoms with Crippen LogP contribution in [0, 0.1) is 12.7 Å². The summed E-state index contributed by atoms with van der Waals surface area (Å²) in [6.07, 6.45) is 1.72. The Kier molecular flexibility index (Phi) is 4.77. The summed E-state index contributed by atoms with van der Waals surface area (Å²) in [5, 5.41) is 3.27. The summed E-state index contributed by atoms with van der Waals surface area (Å²) in [6, 6.07) is 12.8. The standard InChI is InChI=1S/C17H18FNO/c1-3-10-20-17-7-5-4-6-14(17)12-19-15-8-9-16(18)13(2)11-15/h3-9,11,19H,1,10,12H2,2H3. The highest BCUT2D eigenvalue weighted by Crippen LogP contribution is 2.20. The molecule has 0 aliphatic rings. The molecule has 0 heterocycles. The molecular formula is C17H18FNO. The first kappa shape index (κ1) is 14.1. The molecule has 2 nitrogen and oxygen atoms in total. The zero-order valence-corrected chi connectivity index (χ0v) is 11.5. The molecule has 20 heavy (non-hydrogen) atoms. The number of halogens is 1. The van der Waals surface area contributed by atoms with Crippen LogP contribution in [0.15, 0.2) is 55.1 Å². The zero-order valence-electron chi connectivity index (χ0n) is 11.5. The molecule has 3 heteroatoms. The van der Waals surface area contributed by atoms with Gasteiger partial charge in [0.1, 0.15) is 18.2 Å². The molecule has 0 amide bonds. The van der Waals surface area contributed by atoms with E-state index in [4.69, 9.17) is 4.74 Å². The predicted molar refractivity (Wildman–Crippen MR) is 80.6 cm³/mol. The monoisotopic (exact) mass is 271 g/mol. The second-order valence-electron chi connectivity index (χ2n) is 4.52. The van der Waals surface area contributed by atoms with Crippen molar-refractivity contribution >= 4 is 5.69 Å². The molecule has 0 saturated heterocycles. The van der Waals surface area contributed by atoms with Crippen molar-refractivity contribution in [3.05, 3.63) is 72.1 Å². The molecule has 0 bridgehead atoms. The number of rotatable bonds is 6. The SMILES string of the molecule is C=CCOc1ccccc1CNc1ccc(F)c(C)c1. The first-order chi connectivity index (χ1) is 9.70. The Hall–Kier alpha value is -2.29. The number of nitrogens with one attached hydrogen (secondary N) is 1. The minimum Gasteiger partial charge on any atom is -0.489 e. The summed E-state index contributed by atoms with van der Waals surface area (Å²) in [5.74, 6) is 0.643. The van der Waals surface area contributed by atoms with Gasteiger partial charge in [0.25, 0.3) is 0 Å². The van der Waals surface area contributed by atoms with Crippen molar-refractivity contribution in [1.82, 2.24) is 0 Å². The fourth-order valence-corrected chi connectivity index (χ4v) is 1.89. The van der Waals surface area contributed by atoms with Crippen LogP contribution in [-0.2, 0) is 6.54 Å². The van der Waals surface area contributed by atoms with Crippen molar-refractivity contribution in [1.29, 1.82) is 0 Å². The Morgan fingerprint density at radius 3 is 2.80 bits per heavy atom. The number of para-hydroxylation sites is 1. The summed E-state index contributed by atoms with van der Waals surface area (Å²) in [5.41, 5.74) is 2.57. The van der Waals surface area contributed by atoms with E-state index >= 15 is 0 Å². The molecule has 0 fully saturated rings. The Morgan fingerprint density at radius 2 is 2.05 bits per heavy atom. The molecule has 2 aromatic carbocycles. The zero-order chi connectivity index (χ0) is 14.4. The van der Waals surface area contributed by atoms with Gasteiger partial charge in [0.15, 0.2) is 0 Å². The molecule has 0 aliphatic heterocycles. The summed E-state index contributed by atoms with van der Waals surface area (Å²) in [6.45, 7) is 6.49. The van der Waals surface area contributed by atoms with Gasteiger partial charge in [0.05, 0.1) is 0 Å². The number of hydrogen-bond acceptors (Lipinski definition) is 2. The van der Waals surface area contributed by atoms with Gasteiger partial charge < -0.3 is 10.1 Å². The van der Waals surface area contributed by atoms with Gasteiger partial charge in [-0.1, -0.05) is 30.9 Å². The van der Waals surface area contributed by atoms with Gasteiger partial charge in [-0.05, 0) is 36.8 Å². The summed E-state index contributed by atoms with van der Waals surface area (Å²) < 4.78 is 18.8. The minimum absolute atomic E-state index is 0.190. The lowest BCUT2D eigenvalue weighted by molar-refractivity contribution is 0.359. The lowest BCUT2D eigenvalue weighted by atomic mass is 10.1. The number of benzene rings is 2. The van der Waals surface area contributed by atoms with Crippen molar-refractivity contribution in [2.75, 3.05) is 11.9 Å². The van der Waals surface area contributed by atoms with Gasteiger partial charge in [-0.3, -0.25) is 0 Å². The van der Waals surface area contributed by atoms with Gasteiger partial charge in [0.2, 0.25) is 0 Å². The van der Waals surface area contributed by atoms with Crippen molar-refractivity contribution in [3.8, 4) is 5.75 Å². The normalized spacial score (nSPS) is 10.1. The van der Waals surface area contributed by atoms with E-state index in [1.165, 1.54) is 6.07 Å². The molecule has 0 aliphatic carbocycles. The molecule has 0 unspecified atom stereocenters. The van der Waals surface area contributed by atoms with Gasteiger partial charge in [-0.25, -0.2) is 4.39 Å². The van der Waals surface area contributed by atoms with Crippen LogP contribution in [0.1, 0.15) is 11.1 Å². The van der Waals surface area contributed by atoms with Gasteiger partial charge in [-0.2, -0.15) is 0 Å². The van der Waals surface area contributed by atoms with E-state index in [1.54, 1.807) is 25.1 Å². The van der Waals surface area contributed by atoms with E-state index in [0.29, 0.717) is 18.7 Å². The Bertz CT molecular complexity index is 595. The Labute approximate surface area is 118 Å². The van der Waals surface area contributed by atoms with E-state index in [0.717, 1.165) is 17.0 Å². The highest BCUT2D eigenvalue weighted by molar-refractivity contribution is 5.47. The van der Waals surface area contributed by atoms with Crippen LogP contribution >= 0.6 is 0 Å². The van der Waals surface area contributed by atoms with Crippen LogP contribution in [-0.4, -0.2) is 6.61 Å². The van der Waals surface area contributed by atoms with Crippen LogP contribution in [0.3, 0.4) is 0 Å². The fraction of sp³-hybridized carbons (Fsp3) is 0.176. The number of hydrogen-bond donors (Lipinski definition) is 1. The fourth-order valence-electron chi connectivity index (χ4n) is 1.89.